The van der Waals surface area contributed by atoms with Crippen molar-refractivity contribution in [2.45, 2.75) is 26.2 Å². The zero-order valence-electron chi connectivity index (χ0n) is 8.74. The summed E-state index contributed by atoms with van der Waals surface area (Å²) in [4.78, 5) is 13.1. The molecule has 0 unspecified atom stereocenters. The third-order valence-corrected chi connectivity index (χ3v) is 2.65. The van der Waals surface area contributed by atoms with E-state index < -0.39 is 0 Å². The van der Waals surface area contributed by atoms with E-state index in [1.807, 2.05) is 24.7 Å². The minimum absolute atomic E-state index is 0.0394. The highest BCUT2D eigenvalue weighted by Crippen LogP contribution is 2.42. The molecule has 73 valence electrons. The molecule has 2 rings (SSSR count). The Labute approximate surface area is 84.5 Å². The van der Waals surface area contributed by atoms with E-state index in [2.05, 4.69) is 19.9 Å². The van der Waals surface area contributed by atoms with Gasteiger partial charge in [-0.15, -0.1) is 0 Å². The lowest BCUT2D eigenvalue weighted by molar-refractivity contribution is -0.116. The van der Waals surface area contributed by atoms with Gasteiger partial charge >= 0.3 is 0 Å². The van der Waals surface area contributed by atoms with E-state index in [0.717, 1.165) is 5.69 Å². The molecule has 14 heavy (non-hydrogen) atoms. The lowest BCUT2D eigenvalue weighted by Gasteiger charge is -2.18. The Kier molecular flexibility index (Phi) is 1.88. The Bertz CT molecular complexity index is 382. The van der Waals surface area contributed by atoms with E-state index >= 15 is 0 Å². The van der Waals surface area contributed by atoms with Gasteiger partial charge in [-0.3, -0.25) is 4.79 Å². The molecule has 0 N–H and O–H groups in total. The van der Waals surface area contributed by atoms with E-state index in [9.17, 15) is 4.79 Å². The highest BCUT2D eigenvalue weighted by molar-refractivity contribution is 5.96. The summed E-state index contributed by atoms with van der Waals surface area (Å²) in [7, 11) is 0. The van der Waals surface area contributed by atoms with Gasteiger partial charge in [-0.25, -0.2) is 0 Å². The van der Waals surface area contributed by atoms with Gasteiger partial charge in [0, 0.05) is 18.0 Å². The lowest BCUT2D eigenvalue weighted by Crippen LogP contribution is -2.26. The second-order valence-electron chi connectivity index (χ2n) is 4.26. The van der Waals surface area contributed by atoms with Crippen molar-refractivity contribution in [3.05, 3.63) is 36.4 Å². The Hall–Kier alpha value is -1.31. The summed E-state index contributed by atoms with van der Waals surface area (Å²) in [5.74, 6) is 0.0722. The van der Waals surface area contributed by atoms with E-state index in [1.54, 1.807) is 11.8 Å². The first-order chi connectivity index (χ1) is 6.52. The highest BCUT2D eigenvalue weighted by atomic mass is 16.2. The molecule has 1 aliphatic rings. The van der Waals surface area contributed by atoms with E-state index in [4.69, 9.17) is 0 Å². The van der Waals surface area contributed by atoms with Crippen LogP contribution in [0.25, 0.3) is 0 Å². The molecule has 0 bridgehead atoms. The number of amides is 1. The van der Waals surface area contributed by atoms with E-state index in [1.165, 1.54) is 5.56 Å². The summed E-state index contributed by atoms with van der Waals surface area (Å²) in [5, 5.41) is 0. The molecule has 0 aromatic heterocycles. The molecule has 1 heterocycles. The number of hydrogen-bond acceptors (Lipinski definition) is 1. The van der Waals surface area contributed by atoms with E-state index in [0.29, 0.717) is 0 Å². The molecule has 0 aliphatic carbocycles. The molecule has 1 aliphatic heterocycles. The number of carbonyl (C=O) groups is 1. The third kappa shape index (κ3) is 1.22. The molecule has 1 radical (unpaired) electrons. The number of benzene rings is 1. The largest absolute Gasteiger partial charge is 0.306 e. The molecule has 0 atom stereocenters. The first-order valence-corrected chi connectivity index (χ1v) is 4.78. The van der Waals surface area contributed by atoms with Gasteiger partial charge in [0.05, 0.1) is 6.54 Å². The summed E-state index contributed by atoms with van der Waals surface area (Å²) in [6.45, 7) is 7.82. The molecule has 0 spiro atoms. The van der Waals surface area contributed by atoms with Gasteiger partial charge < -0.3 is 4.90 Å². The second-order valence-corrected chi connectivity index (χ2v) is 4.26. The minimum atomic E-state index is -0.0394. The number of anilines is 1. The van der Waals surface area contributed by atoms with Crippen LogP contribution in [-0.2, 0) is 10.2 Å². The number of rotatable bonds is 0. The minimum Gasteiger partial charge on any atom is -0.306 e. The first-order valence-electron chi connectivity index (χ1n) is 4.78. The fourth-order valence-electron chi connectivity index (χ4n) is 1.95. The van der Waals surface area contributed by atoms with Crippen molar-refractivity contribution in [3.8, 4) is 0 Å². The SMILES string of the molecule is CC(=O)N1[CH]C(C)(C)c2ccccc21. The quantitative estimate of drug-likeness (QED) is 0.612. The van der Waals surface area contributed by atoms with Crippen LogP contribution in [0.1, 0.15) is 26.3 Å². The second kappa shape index (κ2) is 2.84. The number of para-hydroxylation sites is 1. The van der Waals surface area contributed by atoms with Crippen LogP contribution in [-0.4, -0.2) is 5.91 Å². The van der Waals surface area contributed by atoms with Crippen molar-refractivity contribution < 1.29 is 4.79 Å². The average molecular weight is 188 g/mol. The van der Waals surface area contributed by atoms with Crippen LogP contribution in [0.4, 0.5) is 5.69 Å². The monoisotopic (exact) mass is 188 g/mol. The van der Waals surface area contributed by atoms with Crippen LogP contribution in [0.3, 0.4) is 0 Å². The van der Waals surface area contributed by atoms with Gasteiger partial charge in [-0.05, 0) is 11.6 Å². The summed E-state index contributed by atoms with van der Waals surface area (Å²) in [6, 6.07) is 8.04. The first kappa shape index (κ1) is 9.25. The molecule has 0 saturated carbocycles. The maximum absolute atomic E-state index is 11.4. The molecule has 1 aromatic carbocycles. The number of fused-ring (bicyclic) bond motifs is 1. The maximum atomic E-state index is 11.4. The van der Waals surface area contributed by atoms with Gasteiger partial charge in [-0.1, -0.05) is 32.0 Å². The van der Waals surface area contributed by atoms with Crippen molar-refractivity contribution in [2.75, 3.05) is 4.90 Å². The zero-order valence-corrected chi connectivity index (χ0v) is 8.74. The Balaban J connectivity index is 2.55. The fourth-order valence-corrected chi connectivity index (χ4v) is 1.95. The molecule has 1 aromatic rings. The van der Waals surface area contributed by atoms with Gasteiger partial charge in [0.25, 0.3) is 0 Å². The molecule has 0 saturated heterocycles. The van der Waals surface area contributed by atoms with Crippen molar-refractivity contribution in [3.63, 3.8) is 0 Å². The normalized spacial score (nSPS) is 18.1. The smallest absolute Gasteiger partial charge is 0.224 e. The Morgan fingerprint density at radius 2 is 1.93 bits per heavy atom. The van der Waals surface area contributed by atoms with Crippen LogP contribution >= 0.6 is 0 Å². The van der Waals surface area contributed by atoms with Crippen LogP contribution in [0.2, 0.25) is 0 Å². The van der Waals surface area contributed by atoms with Gasteiger partial charge in [0.2, 0.25) is 5.91 Å². The fraction of sp³-hybridized carbons (Fsp3) is 0.333. The van der Waals surface area contributed by atoms with E-state index in [-0.39, 0.29) is 11.3 Å². The van der Waals surface area contributed by atoms with Gasteiger partial charge in [0.1, 0.15) is 0 Å². The number of carbonyl (C=O) groups excluding carboxylic acids is 1. The molecule has 1 amide bonds. The number of nitrogens with zero attached hydrogens (tertiary/aromatic N) is 1. The lowest BCUT2D eigenvalue weighted by atomic mass is 9.87. The van der Waals surface area contributed by atoms with Crippen LogP contribution in [0.15, 0.2) is 24.3 Å². The molecular weight excluding hydrogens is 174 g/mol. The van der Waals surface area contributed by atoms with Gasteiger partial charge in [0.15, 0.2) is 0 Å². The van der Waals surface area contributed by atoms with Crippen LogP contribution in [0, 0.1) is 6.54 Å². The summed E-state index contributed by atoms with van der Waals surface area (Å²) < 4.78 is 0. The molecular formula is C12H14NO. The Morgan fingerprint density at radius 3 is 2.57 bits per heavy atom. The summed E-state index contributed by atoms with van der Waals surface area (Å²) in [5.41, 5.74) is 2.20. The van der Waals surface area contributed by atoms with Crippen molar-refractivity contribution >= 4 is 11.6 Å². The highest BCUT2D eigenvalue weighted by Gasteiger charge is 2.36. The number of hydrogen-bond donors (Lipinski definition) is 0. The summed E-state index contributed by atoms with van der Waals surface area (Å²) >= 11 is 0. The third-order valence-electron chi connectivity index (χ3n) is 2.65. The molecule has 2 nitrogen and oxygen atoms in total. The topological polar surface area (TPSA) is 20.3 Å². The standard InChI is InChI=1S/C12H14NO/c1-9(14)13-8-12(2,3)10-6-4-5-7-11(10)13/h4-8H,1-3H3. The van der Waals surface area contributed by atoms with Crippen molar-refractivity contribution in [1.29, 1.82) is 0 Å². The predicted molar refractivity (Wildman–Crippen MR) is 56.9 cm³/mol. The van der Waals surface area contributed by atoms with Crippen molar-refractivity contribution in [1.82, 2.24) is 0 Å². The van der Waals surface area contributed by atoms with Crippen LogP contribution in [0.5, 0.6) is 0 Å². The zero-order chi connectivity index (χ0) is 10.3. The summed E-state index contributed by atoms with van der Waals surface area (Å²) in [6.07, 6.45) is 0. The maximum Gasteiger partial charge on any atom is 0.224 e. The Morgan fingerprint density at radius 1 is 1.29 bits per heavy atom. The van der Waals surface area contributed by atoms with Crippen LogP contribution < -0.4 is 4.90 Å². The molecule has 2 heteroatoms. The predicted octanol–water partition coefficient (Wildman–Crippen LogP) is 2.49. The van der Waals surface area contributed by atoms with Crippen molar-refractivity contribution in [2.24, 2.45) is 0 Å². The average Bonchev–Trinajstić information content (AvgIpc) is 2.40. The molecule has 0 fully saturated rings. The van der Waals surface area contributed by atoms with Gasteiger partial charge in [-0.2, -0.15) is 0 Å².